The maximum absolute atomic E-state index is 9.64. The van der Waals surface area contributed by atoms with E-state index in [0.717, 1.165) is 0 Å². The van der Waals surface area contributed by atoms with E-state index in [1.807, 2.05) is 0 Å². The van der Waals surface area contributed by atoms with Gasteiger partial charge in [0.05, 0.1) is 24.4 Å². The first kappa shape index (κ1) is 10.9. The van der Waals surface area contributed by atoms with E-state index >= 15 is 0 Å². The Bertz CT molecular complexity index is 165. The SMILES string of the molecule is CN[C@@H]1[C@H](O)[C@@H](O)[C@H](N)C[C@H]1OC. The number of ether oxygens (including phenoxy) is 1. The maximum Gasteiger partial charge on any atom is 0.0992 e. The summed E-state index contributed by atoms with van der Waals surface area (Å²) in [6.07, 6.45) is -1.32. The van der Waals surface area contributed by atoms with Crippen molar-refractivity contribution in [3.8, 4) is 0 Å². The van der Waals surface area contributed by atoms with E-state index in [0.29, 0.717) is 6.42 Å². The summed E-state index contributed by atoms with van der Waals surface area (Å²) in [4.78, 5) is 0. The summed E-state index contributed by atoms with van der Waals surface area (Å²) in [6, 6.07) is -0.663. The van der Waals surface area contributed by atoms with Crippen molar-refractivity contribution in [2.45, 2.75) is 36.8 Å². The minimum Gasteiger partial charge on any atom is -0.389 e. The molecule has 5 nitrogen and oxygen atoms in total. The van der Waals surface area contributed by atoms with E-state index in [1.54, 1.807) is 14.2 Å². The Morgan fingerprint density at radius 2 is 2.00 bits per heavy atom. The fraction of sp³-hybridized carbons (Fsp3) is 1.00. The number of aliphatic hydroxyl groups is 2. The summed E-state index contributed by atoms with van der Waals surface area (Å²) in [5.41, 5.74) is 5.63. The van der Waals surface area contributed by atoms with Crippen molar-refractivity contribution < 1.29 is 14.9 Å². The Balaban J connectivity index is 2.69. The van der Waals surface area contributed by atoms with Gasteiger partial charge in [-0.3, -0.25) is 0 Å². The van der Waals surface area contributed by atoms with Crippen molar-refractivity contribution in [3.63, 3.8) is 0 Å². The molecule has 78 valence electrons. The molecule has 0 heterocycles. The van der Waals surface area contributed by atoms with Gasteiger partial charge in [-0.15, -0.1) is 0 Å². The molecule has 13 heavy (non-hydrogen) atoms. The number of nitrogens with two attached hydrogens (primary N) is 1. The molecule has 0 aromatic carbocycles. The first-order valence-electron chi connectivity index (χ1n) is 4.43. The zero-order valence-electron chi connectivity index (χ0n) is 7.97. The topological polar surface area (TPSA) is 87.7 Å². The lowest BCUT2D eigenvalue weighted by atomic mass is 9.84. The third kappa shape index (κ3) is 2.00. The number of methoxy groups -OCH3 is 1. The number of likely N-dealkylation sites (N-methyl/N-ethyl adjacent to an activating group) is 1. The summed E-state index contributed by atoms with van der Waals surface area (Å²) in [5, 5.41) is 22.0. The van der Waals surface area contributed by atoms with Gasteiger partial charge in [0.1, 0.15) is 0 Å². The van der Waals surface area contributed by atoms with E-state index in [9.17, 15) is 10.2 Å². The number of hydrogen-bond donors (Lipinski definition) is 4. The minimum absolute atomic E-state index is 0.140. The molecular formula is C8H18N2O3. The largest absolute Gasteiger partial charge is 0.389 e. The normalized spacial score (nSPS) is 46.4. The van der Waals surface area contributed by atoms with E-state index < -0.39 is 18.2 Å². The van der Waals surface area contributed by atoms with Gasteiger partial charge in [-0.2, -0.15) is 0 Å². The van der Waals surface area contributed by atoms with Crippen LogP contribution in [-0.4, -0.2) is 54.8 Å². The average molecular weight is 190 g/mol. The number of aliphatic hydroxyl groups excluding tert-OH is 2. The molecule has 1 aliphatic rings. The van der Waals surface area contributed by atoms with Gasteiger partial charge >= 0.3 is 0 Å². The zero-order chi connectivity index (χ0) is 10.0. The van der Waals surface area contributed by atoms with Crippen LogP contribution in [-0.2, 0) is 4.74 Å². The Hall–Kier alpha value is -0.200. The van der Waals surface area contributed by atoms with Crippen LogP contribution in [0.4, 0.5) is 0 Å². The van der Waals surface area contributed by atoms with E-state index in [2.05, 4.69) is 5.32 Å². The quantitative estimate of drug-likeness (QED) is 0.406. The second-order valence-corrected chi connectivity index (χ2v) is 3.47. The van der Waals surface area contributed by atoms with Crippen molar-refractivity contribution in [1.29, 1.82) is 0 Å². The van der Waals surface area contributed by atoms with Crippen LogP contribution in [0.15, 0.2) is 0 Å². The van der Waals surface area contributed by atoms with Gasteiger partial charge in [0, 0.05) is 13.2 Å². The number of hydrogen-bond acceptors (Lipinski definition) is 5. The molecule has 1 fully saturated rings. The van der Waals surface area contributed by atoms with Crippen molar-refractivity contribution in [3.05, 3.63) is 0 Å². The van der Waals surface area contributed by atoms with Gasteiger partial charge in [0.2, 0.25) is 0 Å². The monoisotopic (exact) mass is 190 g/mol. The predicted molar refractivity (Wildman–Crippen MR) is 48.3 cm³/mol. The molecule has 5 atom stereocenters. The van der Waals surface area contributed by atoms with Crippen molar-refractivity contribution >= 4 is 0 Å². The molecule has 1 aliphatic carbocycles. The fourth-order valence-corrected chi connectivity index (χ4v) is 1.84. The van der Waals surface area contributed by atoms with Crippen LogP contribution in [0.2, 0.25) is 0 Å². The van der Waals surface area contributed by atoms with Gasteiger partial charge in [-0.25, -0.2) is 0 Å². The lowest BCUT2D eigenvalue weighted by Crippen LogP contribution is -2.63. The maximum atomic E-state index is 9.64. The third-order valence-electron chi connectivity index (χ3n) is 2.70. The molecule has 1 rings (SSSR count). The zero-order valence-corrected chi connectivity index (χ0v) is 7.97. The molecule has 5 heteroatoms. The highest BCUT2D eigenvalue weighted by atomic mass is 16.5. The third-order valence-corrected chi connectivity index (χ3v) is 2.70. The molecule has 5 N–H and O–H groups in total. The molecular weight excluding hydrogens is 172 g/mol. The number of rotatable bonds is 2. The van der Waals surface area contributed by atoms with Gasteiger partial charge in [-0.05, 0) is 13.5 Å². The van der Waals surface area contributed by atoms with Crippen molar-refractivity contribution in [1.82, 2.24) is 5.32 Å². The Labute approximate surface area is 77.9 Å². The molecule has 1 saturated carbocycles. The van der Waals surface area contributed by atoms with Gasteiger partial charge in [0.15, 0.2) is 0 Å². The van der Waals surface area contributed by atoms with Crippen LogP contribution in [0, 0.1) is 0 Å². The van der Waals surface area contributed by atoms with Crippen LogP contribution < -0.4 is 11.1 Å². The fourth-order valence-electron chi connectivity index (χ4n) is 1.84. The smallest absolute Gasteiger partial charge is 0.0992 e. The summed E-state index contributed by atoms with van der Waals surface area (Å²) < 4.78 is 5.17. The van der Waals surface area contributed by atoms with Crippen molar-refractivity contribution in [2.75, 3.05) is 14.2 Å². The minimum atomic E-state index is -0.871. The second-order valence-electron chi connectivity index (χ2n) is 3.47. The van der Waals surface area contributed by atoms with Gasteiger partial charge in [-0.1, -0.05) is 0 Å². The molecule has 0 aromatic heterocycles. The van der Waals surface area contributed by atoms with E-state index in [4.69, 9.17) is 10.5 Å². The van der Waals surface area contributed by atoms with E-state index in [1.165, 1.54) is 0 Å². The first-order valence-corrected chi connectivity index (χ1v) is 4.43. The van der Waals surface area contributed by atoms with E-state index in [-0.39, 0.29) is 12.1 Å². The molecule has 0 unspecified atom stereocenters. The van der Waals surface area contributed by atoms with Gasteiger partial charge < -0.3 is 26.0 Å². The molecule has 0 radical (unpaired) electrons. The molecule has 0 bridgehead atoms. The van der Waals surface area contributed by atoms with Crippen LogP contribution in [0.1, 0.15) is 6.42 Å². The summed E-state index contributed by atoms with van der Waals surface area (Å²) in [7, 11) is 3.30. The number of nitrogens with one attached hydrogen (secondary N) is 1. The van der Waals surface area contributed by atoms with Gasteiger partial charge in [0.25, 0.3) is 0 Å². The highest BCUT2D eigenvalue weighted by Crippen LogP contribution is 2.21. The molecule has 0 aliphatic heterocycles. The first-order chi connectivity index (χ1) is 6.11. The standard InChI is InChI=1S/C8H18N2O3/c1-10-6-5(13-2)3-4(9)7(11)8(6)12/h4-8,10-12H,3,9H2,1-2H3/t4-,5-,6+,7+,8+/m1/s1. The lowest BCUT2D eigenvalue weighted by molar-refractivity contribution is -0.0935. The molecule has 0 aromatic rings. The van der Waals surface area contributed by atoms with Crippen LogP contribution in [0.25, 0.3) is 0 Å². The Morgan fingerprint density at radius 1 is 1.38 bits per heavy atom. The Morgan fingerprint density at radius 3 is 2.46 bits per heavy atom. The lowest BCUT2D eigenvalue weighted by Gasteiger charge is -2.40. The summed E-state index contributed by atoms with van der Waals surface area (Å²) in [6.45, 7) is 0. The van der Waals surface area contributed by atoms with Crippen LogP contribution >= 0.6 is 0 Å². The molecule has 0 spiro atoms. The average Bonchev–Trinajstić information content (AvgIpc) is 2.13. The summed E-state index contributed by atoms with van der Waals surface area (Å²) in [5.74, 6) is 0. The van der Waals surface area contributed by atoms with Crippen LogP contribution in [0.5, 0.6) is 0 Å². The Kier molecular flexibility index (Phi) is 3.63. The summed E-state index contributed by atoms with van der Waals surface area (Å²) >= 11 is 0. The van der Waals surface area contributed by atoms with Crippen LogP contribution in [0.3, 0.4) is 0 Å². The van der Waals surface area contributed by atoms with Crippen molar-refractivity contribution in [2.24, 2.45) is 5.73 Å². The highest BCUT2D eigenvalue weighted by molar-refractivity contribution is 4.98. The molecule has 0 amide bonds. The molecule has 0 saturated heterocycles. The predicted octanol–water partition coefficient (Wildman–Crippen LogP) is -1.96. The highest BCUT2D eigenvalue weighted by Gasteiger charge is 2.41. The second kappa shape index (κ2) is 4.34.